The molecule has 1 atom stereocenters. The van der Waals surface area contributed by atoms with Crippen molar-refractivity contribution < 1.29 is 9.53 Å². The third-order valence-corrected chi connectivity index (χ3v) is 3.56. The van der Waals surface area contributed by atoms with Gasteiger partial charge in [0.2, 0.25) is 0 Å². The van der Waals surface area contributed by atoms with E-state index in [0.29, 0.717) is 17.3 Å². The minimum atomic E-state index is -0.427. The molecule has 108 valence electrons. The van der Waals surface area contributed by atoms with Crippen molar-refractivity contribution in [2.75, 3.05) is 6.61 Å². The topological polar surface area (TPSA) is 56.5 Å². The summed E-state index contributed by atoms with van der Waals surface area (Å²) < 4.78 is 6.63. The lowest BCUT2D eigenvalue weighted by Gasteiger charge is -2.12. The van der Waals surface area contributed by atoms with Gasteiger partial charge in [0.25, 0.3) is 0 Å². The minimum absolute atomic E-state index is 0.116. The Balaban J connectivity index is 2.02. The number of allylic oxidation sites excluding steroid dienone is 4. The Bertz CT molecular complexity index is 748. The summed E-state index contributed by atoms with van der Waals surface area (Å²) in [5.74, 6) is -0.311. The van der Waals surface area contributed by atoms with Crippen LogP contribution in [0.3, 0.4) is 0 Å². The molecule has 2 aromatic rings. The molecule has 0 amide bonds. The summed E-state index contributed by atoms with van der Waals surface area (Å²) in [6.07, 6.45) is 10.2. The molecule has 2 heterocycles. The maximum Gasteiger partial charge on any atom is 0.357 e. The van der Waals surface area contributed by atoms with Gasteiger partial charge in [0.15, 0.2) is 11.3 Å². The van der Waals surface area contributed by atoms with E-state index in [1.807, 2.05) is 18.2 Å². The van der Waals surface area contributed by atoms with Gasteiger partial charge in [-0.3, -0.25) is 0 Å². The van der Waals surface area contributed by atoms with Gasteiger partial charge >= 0.3 is 5.97 Å². The molecule has 0 saturated carbocycles. The van der Waals surface area contributed by atoms with E-state index in [0.717, 1.165) is 12.0 Å². The lowest BCUT2D eigenvalue weighted by molar-refractivity contribution is 0.0519. The van der Waals surface area contributed by atoms with Gasteiger partial charge in [0, 0.05) is 22.7 Å². The van der Waals surface area contributed by atoms with Crippen molar-refractivity contribution in [3.63, 3.8) is 0 Å². The summed E-state index contributed by atoms with van der Waals surface area (Å²) in [6, 6.07) is 1.60. The summed E-state index contributed by atoms with van der Waals surface area (Å²) in [5.41, 5.74) is 1.89. The molecular weight excluding hydrogens is 290 g/mol. The quantitative estimate of drug-likeness (QED) is 0.818. The molecule has 5 nitrogen and oxygen atoms in total. The fraction of sp³-hybridized carbons (Fsp3) is 0.267. The van der Waals surface area contributed by atoms with Gasteiger partial charge in [0.05, 0.1) is 12.8 Å². The van der Waals surface area contributed by atoms with Crippen molar-refractivity contribution in [2.24, 2.45) is 0 Å². The van der Waals surface area contributed by atoms with Crippen LogP contribution in [-0.4, -0.2) is 27.2 Å². The number of carbonyl (C=O) groups is 1. The van der Waals surface area contributed by atoms with Crippen LogP contribution in [0.2, 0.25) is 0 Å². The molecule has 6 heteroatoms. The van der Waals surface area contributed by atoms with E-state index >= 15 is 0 Å². The maximum atomic E-state index is 11.8. The van der Waals surface area contributed by atoms with Crippen LogP contribution in [-0.2, 0) is 4.74 Å². The van der Waals surface area contributed by atoms with Gasteiger partial charge in [-0.05, 0) is 25.5 Å². The molecule has 0 aromatic carbocycles. The van der Waals surface area contributed by atoms with Crippen molar-refractivity contribution >= 4 is 23.2 Å². The third kappa shape index (κ3) is 2.69. The highest BCUT2D eigenvalue weighted by Gasteiger charge is 2.18. The van der Waals surface area contributed by atoms with Crippen LogP contribution >= 0.6 is 11.6 Å². The number of hydrogen-bond acceptors (Lipinski definition) is 4. The normalized spacial score (nSPS) is 17.8. The van der Waals surface area contributed by atoms with Gasteiger partial charge in [-0.1, -0.05) is 23.8 Å². The van der Waals surface area contributed by atoms with E-state index in [-0.39, 0.29) is 11.6 Å². The smallest absolute Gasteiger partial charge is 0.357 e. The fourth-order valence-electron chi connectivity index (χ4n) is 2.33. The number of ether oxygens (including phenoxy) is 1. The highest BCUT2D eigenvalue weighted by atomic mass is 35.5. The first kappa shape index (κ1) is 13.8. The van der Waals surface area contributed by atoms with Crippen molar-refractivity contribution in [3.05, 3.63) is 53.0 Å². The Kier molecular flexibility index (Phi) is 3.75. The van der Waals surface area contributed by atoms with Crippen LogP contribution in [0.5, 0.6) is 0 Å². The molecule has 0 N–H and O–H groups in total. The zero-order chi connectivity index (χ0) is 14.8. The molecule has 2 aromatic heterocycles. The molecular formula is C15H14ClN3O2. The Hall–Kier alpha value is -2.14. The van der Waals surface area contributed by atoms with E-state index in [4.69, 9.17) is 16.3 Å². The van der Waals surface area contributed by atoms with Crippen LogP contribution in [0, 0.1) is 0 Å². The largest absolute Gasteiger partial charge is 0.461 e. The Morgan fingerprint density at radius 2 is 2.43 bits per heavy atom. The average molecular weight is 304 g/mol. The predicted molar refractivity (Wildman–Crippen MR) is 79.4 cm³/mol. The highest BCUT2D eigenvalue weighted by Crippen LogP contribution is 2.30. The zero-order valence-electron chi connectivity index (χ0n) is 11.5. The standard InChI is InChI=1S/C15H14ClN3O2/c1-2-21-15(20)13-6-7-19-14(18-13)12(9-17-19)10-4-3-5-11(16)8-10/h3,5-10H,2,4H2,1H3. The number of fused-ring (bicyclic) bond motifs is 1. The van der Waals surface area contributed by atoms with Crippen LogP contribution in [0.1, 0.15) is 35.3 Å². The average Bonchev–Trinajstić information content (AvgIpc) is 2.90. The summed E-state index contributed by atoms with van der Waals surface area (Å²) in [6.45, 7) is 2.09. The van der Waals surface area contributed by atoms with Gasteiger partial charge < -0.3 is 4.74 Å². The summed E-state index contributed by atoms with van der Waals surface area (Å²) in [7, 11) is 0. The first-order valence-electron chi connectivity index (χ1n) is 6.74. The van der Waals surface area contributed by atoms with Crippen molar-refractivity contribution in [3.8, 4) is 0 Å². The lowest BCUT2D eigenvalue weighted by Crippen LogP contribution is -2.09. The summed E-state index contributed by atoms with van der Waals surface area (Å²) >= 11 is 6.05. The summed E-state index contributed by atoms with van der Waals surface area (Å²) in [5, 5.41) is 4.97. The first-order chi connectivity index (χ1) is 10.2. The molecule has 0 bridgehead atoms. The maximum absolute atomic E-state index is 11.8. The number of aromatic nitrogens is 3. The number of halogens is 1. The second-order valence-electron chi connectivity index (χ2n) is 4.70. The highest BCUT2D eigenvalue weighted by molar-refractivity contribution is 6.31. The number of carbonyl (C=O) groups excluding carboxylic acids is 1. The Morgan fingerprint density at radius 1 is 1.57 bits per heavy atom. The summed E-state index contributed by atoms with van der Waals surface area (Å²) in [4.78, 5) is 16.2. The lowest BCUT2D eigenvalue weighted by atomic mass is 9.94. The molecule has 1 aliphatic rings. The SMILES string of the molecule is CCOC(=O)c1ccn2ncc(C3C=C(Cl)C=CC3)c2n1. The molecule has 0 radical (unpaired) electrons. The molecule has 21 heavy (non-hydrogen) atoms. The van der Waals surface area contributed by atoms with Crippen LogP contribution in [0.25, 0.3) is 5.65 Å². The monoisotopic (exact) mass is 303 g/mol. The van der Waals surface area contributed by atoms with Gasteiger partial charge in [-0.2, -0.15) is 5.10 Å². The van der Waals surface area contributed by atoms with E-state index in [1.165, 1.54) is 0 Å². The van der Waals surface area contributed by atoms with E-state index in [2.05, 4.69) is 10.1 Å². The second-order valence-corrected chi connectivity index (χ2v) is 5.13. The van der Waals surface area contributed by atoms with Crippen molar-refractivity contribution in [1.29, 1.82) is 0 Å². The Morgan fingerprint density at radius 3 is 3.19 bits per heavy atom. The van der Waals surface area contributed by atoms with E-state index in [9.17, 15) is 4.79 Å². The Labute approximate surface area is 126 Å². The first-order valence-corrected chi connectivity index (χ1v) is 7.12. The second kappa shape index (κ2) is 5.69. The van der Waals surface area contributed by atoms with Crippen molar-refractivity contribution in [1.82, 2.24) is 14.6 Å². The van der Waals surface area contributed by atoms with E-state index < -0.39 is 5.97 Å². The molecule has 0 spiro atoms. The van der Waals surface area contributed by atoms with Crippen LogP contribution in [0.15, 0.2) is 41.7 Å². The third-order valence-electron chi connectivity index (χ3n) is 3.31. The molecule has 3 rings (SSSR count). The molecule has 0 fully saturated rings. The van der Waals surface area contributed by atoms with Gasteiger partial charge in [0.1, 0.15) is 0 Å². The minimum Gasteiger partial charge on any atom is -0.461 e. The predicted octanol–water partition coefficient (Wildman–Crippen LogP) is 3.07. The van der Waals surface area contributed by atoms with Crippen molar-refractivity contribution in [2.45, 2.75) is 19.3 Å². The van der Waals surface area contributed by atoms with Gasteiger partial charge in [-0.25, -0.2) is 14.3 Å². The molecule has 1 aliphatic carbocycles. The van der Waals surface area contributed by atoms with Crippen LogP contribution < -0.4 is 0 Å². The molecule has 0 aliphatic heterocycles. The van der Waals surface area contributed by atoms with Crippen LogP contribution in [0.4, 0.5) is 0 Å². The number of nitrogens with zero attached hydrogens (tertiary/aromatic N) is 3. The number of hydrogen-bond donors (Lipinski definition) is 0. The fourth-order valence-corrected chi connectivity index (χ4v) is 2.57. The number of esters is 1. The number of rotatable bonds is 3. The molecule has 1 unspecified atom stereocenters. The molecule has 0 saturated heterocycles. The van der Waals surface area contributed by atoms with Gasteiger partial charge in [-0.15, -0.1) is 0 Å². The van der Waals surface area contributed by atoms with E-state index in [1.54, 1.807) is 29.9 Å². The zero-order valence-corrected chi connectivity index (χ0v) is 12.2.